The molecule has 0 radical (unpaired) electrons. The Morgan fingerprint density at radius 3 is 1.28 bits per heavy atom. The first-order chi connectivity index (χ1) is 18.4. The molecule has 0 fully saturated rings. The number of sulfonamides is 2. The summed E-state index contributed by atoms with van der Waals surface area (Å²) in [6.45, 7) is 0.134. The first kappa shape index (κ1) is 40.7. The van der Waals surface area contributed by atoms with Crippen molar-refractivity contribution in [2.24, 2.45) is 7.05 Å². The number of nitrogens with zero attached hydrogens (tertiary/aromatic N) is 3. The van der Waals surface area contributed by atoms with E-state index >= 15 is 0 Å². The van der Waals surface area contributed by atoms with Crippen molar-refractivity contribution < 1.29 is 105 Å². The summed E-state index contributed by atoms with van der Waals surface area (Å²) >= 11 is 0. The molecule has 0 saturated heterocycles. The largest absolute Gasteiger partial charge is 0.480 e. The molecule has 0 atom stereocenters. The Kier molecular flexibility index (Phi) is 11.0. The number of alkyl halides is 19. The topological polar surface area (TPSA) is 91.2 Å². The van der Waals surface area contributed by atoms with Crippen LogP contribution < -0.4 is 4.57 Å². The van der Waals surface area contributed by atoms with Gasteiger partial charge in [0.15, 0.2) is 20.0 Å². The summed E-state index contributed by atoms with van der Waals surface area (Å²) in [7, 11) is -12.1. The summed E-state index contributed by atoms with van der Waals surface area (Å²) in [5, 5.41) is 0. The van der Waals surface area contributed by atoms with Gasteiger partial charge in [0.1, 0.15) is 12.4 Å². The minimum Gasteiger partial charge on any atom is -0.421 e. The maximum Gasteiger partial charge on any atom is 0.480 e. The molecule has 256 valence electrons. The molecule has 0 aliphatic carbocycles. The molecule has 1 aromatic rings. The minimum atomic E-state index is -7.86. The summed E-state index contributed by atoms with van der Waals surface area (Å²) in [5.74, 6) is -36.5. The molecule has 0 bridgehead atoms. The van der Waals surface area contributed by atoms with Crippen molar-refractivity contribution >= 4 is 20.0 Å². The SMILES string of the molecule is Cc1n(CCC(F)(F)C(F)(F)C(F)(F)C(F)(F)C(F)(F)C(F)(F)F)cc[n+]1C.O=S(=O)([N-]S(=O)(=O)C(F)(F)F)C(F)(F)F. The zero-order valence-electron chi connectivity index (χ0n) is 20.0. The lowest BCUT2D eigenvalue weighted by Gasteiger charge is -2.39. The normalized spacial score (nSPS) is 15.3. The maximum absolute atomic E-state index is 13.6. The molecule has 1 aromatic heterocycles. The zero-order valence-corrected chi connectivity index (χ0v) is 21.7. The fourth-order valence-electron chi connectivity index (χ4n) is 2.27. The van der Waals surface area contributed by atoms with Crippen LogP contribution in [0.2, 0.25) is 0 Å². The first-order valence-electron chi connectivity index (χ1n) is 9.69. The van der Waals surface area contributed by atoms with Crippen LogP contribution in [0.5, 0.6) is 0 Å². The number of aromatic nitrogens is 2. The monoisotopic (exact) mass is 723 g/mol. The van der Waals surface area contributed by atoms with Gasteiger partial charge in [0.05, 0.1) is 20.0 Å². The van der Waals surface area contributed by atoms with Gasteiger partial charge in [-0.3, -0.25) is 0 Å². The number of halogens is 19. The molecular weight excluding hydrogens is 711 g/mol. The van der Waals surface area contributed by atoms with E-state index in [1.54, 1.807) is 0 Å². The summed E-state index contributed by atoms with van der Waals surface area (Å²) in [5.41, 5.74) is -12.4. The second-order valence-electron chi connectivity index (χ2n) is 7.82. The van der Waals surface area contributed by atoms with Gasteiger partial charge in [0.25, 0.3) is 5.82 Å². The van der Waals surface area contributed by atoms with Gasteiger partial charge in [-0.15, -0.1) is 0 Å². The number of hydrogen-bond donors (Lipinski definition) is 0. The van der Waals surface area contributed by atoms with Crippen LogP contribution in [0.1, 0.15) is 12.2 Å². The Balaban J connectivity index is 0.000000994. The van der Waals surface area contributed by atoms with E-state index < -0.39 is 79.8 Å². The molecule has 0 amide bonds. The summed E-state index contributed by atoms with van der Waals surface area (Å²) in [6.07, 6.45) is -7.38. The third-order valence-electron chi connectivity index (χ3n) is 4.84. The van der Waals surface area contributed by atoms with E-state index in [1.807, 2.05) is 0 Å². The summed E-state index contributed by atoms with van der Waals surface area (Å²) in [6, 6.07) is 0. The van der Waals surface area contributed by atoms with E-state index in [0.29, 0.717) is 0 Å². The van der Waals surface area contributed by atoms with Gasteiger partial charge < -0.3 is 4.13 Å². The molecule has 0 N–H and O–H groups in total. The molecule has 1 rings (SSSR count). The van der Waals surface area contributed by atoms with E-state index in [1.165, 1.54) is 24.7 Å². The zero-order chi connectivity index (χ0) is 35.3. The number of imidazole rings is 1. The lowest BCUT2D eigenvalue weighted by atomic mass is 9.92. The third-order valence-corrected chi connectivity index (χ3v) is 7.58. The van der Waals surface area contributed by atoms with Crippen molar-refractivity contribution in [1.29, 1.82) is 0 Å². The summed E-state index contributed by atoms with van der Waals surface area (Å²) in [4.78, 5) is 0. The molecule has 0 aliphatic rings. The highest BCUT2D eigenvalue weighted by Crippen LogP contribution is 2.60. The van der Waals surface area contributed by atoms with Crippen molar-refractivity contribution in [3.05, 3.63) is 22.3 Å². The van der Waals surface area contributed by atoms with Crippen LogP contribution in [0.25, 0.3) is 4.13 Å². The molecule has 0 saturated carbocycles. The van der Waals surface area contributed by atoms with Crippen LogP contribution in [-0.2, 0) is 33.6 Å². The smallest absolute Gasteiger partial charge is 0.421 e. The van der Waals surface area contributed by atoms with Crippen molar-refractivity contribution in [2.45, 2.75) is 66.7 Å². The third kappa shape index (κ3) is 7.70. The van der Waals surface area contributed by atoms with E-state index in [-0.39, 0.29) is 5.82 Å². The second-order valence-corrected chi connectivity index (χ2v) is 11.2. The van der Waals surface area contributed by atoms with Crippen molar-refractivity contribution in [1.82, 2.24) is 4.57 Å². The van der Waals surface area contributed by atoms with Gasteiger partial charge in [0.2, 0.25) is 0 Å². The fourth-order valence-corrected chi connectivity index (χ4v) is 3.98. The Morgan fingerprint density at radius 1 is 0.651 bits per heavy atom. The fraction of sp³-hybridized carbons (Fsp3) is 0.800. The lowest BCUT2D eigenvalue weighted by molar-refractivity contribution is -0.677. The molecule has 0 unspecified atom stereocenters. The van der Waals surface area contributed by atoms with Gasteiger partial charge in [0, 0.05) is 6.92 Å². The van der Waals surface area contributed by atoms with Crippen LogP contribution in [0, 0.1) is 6.92 Å². The standard InChI is InChI=1S/C13H12F13N2.C2F6NO4S2/c1-7-27(2)5-6-28(7)4-3-8(14,15)9(16,17)10(18,19)11(20,21)12(22,23)13(24,25)26;3-1(4,5)14(10,11)9-15(12,13)2(6,7)8/h5-6H,3-4H2,1-2H3;/q+1;-1. The molecule has 43 heavy (non-hydrogen) atoms. The Labute approximate surface area is 226 Å². The molecule has 1 heterocycles. The van der Waals surface area contributed by atoms with Gasteiger partial charge in [-0.2, -0.15) is 83.4 Å². The average Bonchev–Trinajstić information content (AvgIpc) is 3.06. The quantitative estimate of drug-likeness (QED) is 0.238. The van der Waals surface area contributed by atoms with Gasteiger partial charge in [-0.1, -0.05) is 0 Å². The highest BCUT2D eigenvalue weighted by molar-refractivity contribution is 8.13. The van der Waals surface area contributed by atoms with Gasteiger partial charge in [-0.05, 0) is 0 Å². The predicted molar refractivity (Wildman–Crippen MR) is 99.1 cm³/mol. The molecule has 28 heteroatoms. The first-order valence-corrected chi connectivity index (χ1v) is 12.6. The molecule has 0 aliphatic heterocycles. The Hall–Kier alpha value is -2.26. The van der Waals surface area contributed by atoms with E-state index in [2.05, 4.69) is 0 Å². The Bertz CT molecular complexity index is 1300. The van der Waals surface area contributed by atoms with Crippen LogP contribution in [0.15, 0.2) is 12.4 Å². The molecule has 7 nitrogen and oxygen atoms in total. The average molecular weight is 723 g/mol. The van der Waals surface area contributed by atoms with Gasteiger partial charge in [-0.25, -0.2) is 26.0 Å². The maximum atomic E-state index is 13.6. The predicted octanol–water partition coefficient (Wildman–Crippen LogP) is 5.81. The number of hydrogen-bond acceptors (Lipinski definition) is 4. The molecule has 0 spiro atoms. The molecular formula is C15H12F19N3O4S2. The lowest BCUT2D eigenvalue weighted by Crippen LogP contribution is -2.70. The van der Waals surface area contributed by atoms with Crippen molar-refractivity contribution in [2.75, 3.05) is 0 Å². The van der Waals surface area contributed by atoms with E-state index in [4.69, 9.17) is 0 Å². The molecule has 0 aromatic carbocycles. The summed E-state index contributed by atoms with van der Waals surface area (Å²) < 4.78 is 280. The van der Waals surface area contributed by atoms with Crippen molar-refractivity contribution in [3.63, 3.8) is 0 Å². The number of rotatable bonds is 9. The Morgan fingerprint density at radius 2 is 1.00 bits per heavy atom. The van der Waals surface area contributed by atoms with E-state index in [0.717, 1.165) is 14.9 Å². The minimum absolute atomic E-state index is 0.139. The van der Waals surface area contributed by atoms with Crippen LogP contribution in [-0.4, -0.2) is 68.2 Å². The highest BCUT2D eigenvalue weighted by atomic mass is 32.3. The van der Waals surface area contributed by atoms with Crippen LogP contribution in [0.4, 0.5) is 83.4 Å². The van der Waals surface area contributed by atoms with E-state index in [9.17, 15) is 100 Å². The highest BCUT2D eigenvalue weighted by Gasteiger charge is 2.90. The van der Waals surface area contributed by atoms with Crippen molar-refractivity contribution in [3.8, 4) is 0 Å². The van der Waals surface area contributed by atoms with Crippen LogP contribution in [0.3, 0.4) is 0 Å². The van der Waals surface area contributed by atoms with Crippen LogP contribution >= 0.6 is 0 Å². The number of aryl methyl sites for hydroxylation is 2. The van der Waals surface area contributed by atoms with Gasteiger partial charge >= 0.3 is 46.8 Å². The second kappa shape index (κ2) is 11.6.